The minimum Gasteiger partial charge on any atom is -0.478 e. The first-order valence-electron chi connectivity index (χ1n) is 9.19. The van der Waals surface area contributed by atoms with Gasteiger partial charge in [0, 0.05) is 24.3 Å². The molecule has 0 atom stereocenters. The molecule has 0 saturated carbocycles. The van der Waals surface area contributed by atoms with Crippen LogP contribution in [0.2, 0.25) is 0 Å². The molecule has 0 aliphatic carbocycles. The summed E-state index contributed by atoms with van der Waals surface area (Å²) in [5, 5.41) is 9.18. The molecule has 1 aromatic heterocycles. The molecule has 1 N–H and O–H groups in total. The van der Waals surface area contributed by atoms with E-state index >= 15 is 0 Å². The minimum atomic E-state index is -0.992. The molecule has 0 spiro atoms. The topological polar surface area (TPSA) is 75.5 Å². The lowest BCUT2D eigenvalue weighted by molar-refractivity contribution is 0.0696. The van der Waals surface area contributed by atoms with E-state index in [-0.39, 0.29) is 5.56 Å². The summed E-state index contributed by atoms with van der Waals surface area (Å²) in [6.45, 7) is 5.43. The second kappa shape index (κ2) is 7.31. The van der Waals surface area contributed by atoms with Crippen molar-refractivity contribution in [1.82, 2.24) is 9.97 Å². The summed E-state index contributed by atoms with van der Waals surface area (Å²) < 4.78 is 5.94. The number of hydrogen-bond acceptors (Lipinski definition) is 5. The summed E-state index contributed by atoms with van der Waals surface area (Å²) >= 11 is 0. The Labute approximate surface area is 163 Å². The van der Waals surface area contributed by atoms with Crippen molar-refractivity contribution in [2.24, 2.45) is 0 Å². The summed E-state index contributed by atoms with van der Waals surface area (Å²) in [5.74, 6) is 0.524. The Bertz CT molecular complexity index is 1050. The average Bonchev–Trinajstić information content (AvgIpc) is 2.71. The van der Waals surface area contributed by atoms with Crippen LogP contribution in [-0.2, 0) is 13.0 Å². The maximum atomic E-state index is 11.2. The number of aryl methyl sites for hydroxylation is 1. The first-order chi connectivity index (χ1) is 13.5. The highest BCUT2D eigenvalue weighted by molar-refractivity contribution is 5.88. The smallest absolute Gasteiger partial charge is 0.335 e. The van der Waals surface area contributed by atoms with E-state index in [1.165, 1.54) is 23.3 Å². The van der Waals surface area contributed by atoms with Crippen LogP contribution in [0, 0.1) is 13.8 Å². The van der Waals surface area contributed by atoms with Gasteiger partial charge in [0.2, 0.25) is 11.8 Å². The monoisotopic (exact) mass is 375 g/mol. The van der Waals surface area contributed by atoms with Crippen molar-refractivity contribution in [3.05, 3.63) is 76.5 Å². The quantitative estimate of drug-likeness (QED) is 0.738. The fraction of sp³-hybridized carbons (Fsp3) is 0.227. The highest BCUT2D eigenvalue weighted by Gasteiger charge is 2.20. The second-order valence-electron chi connectivity index (χ2n) is 6.91. The van der Waals surface area contributed by atoms with Gasteiger partial charge < -0.3 is 14.7 Å². The largest absolute Gasteiger partial charge is 0.478 e. The molecule has 0 amide bonds. The van der Waals surface area contributed by atoms with Crippen molar-refractivity contribution in [1.29, 1.82) is 0 Å². The second-order valence-corrected chi connectivity index (χ2v) is 6.91. The van der Waals surface area contributed by atoms with E-state index in [2.05, 4.69) is 33.1 Å². The third-order valence-electron chi connectivity index (χ3n) is 5.04. The van der Waals surface area contributed by atoms with Gasteiger partial charge in [-0.1, -0.05) is 30.3 Å². The first-order valence-corrected chi connectivity index (χ1v) is 9.19. The summed E-state index contributed by atoms with van der Waals surface area (Å²) in [6, 6.07) is 14.8. The zero-order valence-electron chi connectivity index (χ0n) is 15.8. The number of anilines is 1. The Morgan fingerprint density at radius 2 is 1.86 bits per heavy atom. The molecule has 0 saturated heterocycles. The molecule has 4 rings (SSSR count). The Balaban J connectivity index is 1.64. The first kappa shape index (κ1) is 18.0. The molecule has 2 aromatic carbocycles. The molecule has 0 unspecified atom stereocenters. The van der Waals surface area contributed by atoms with E-state index in [0.29, 0.717) is 17.6 Å². The molecular weight excluding hydrogens is 354 g/mol. The predicted molar refractivity (Wildman–Crippen MR) is 106 cm³/mol. The number of carboxylic acid groups (broad SMARTS) is 1. The maximum absolute atomic E-state index is 11.2. The van der Waals surface area contributed by atoms with E-state index in [0.717, 1.165) is 30.8 Å². The van der Waals surface area contributed by atoms with Crippen molar-refractivity contribution < 1.29 is 14.6 Å². The zero-order chi connectivity index (χ0) is 19.7. The van der Waals surface area contributed by atoms with E-state index in [1.54, 1.807) is 12.1 Å². The predicted octanol–water partition coefficient (Wildman–Crippen LogP) is 4.15. The third-order valence-corrected chi connectivity index (χ3v) is 5.04. The standard InChI is InChI=1S/C22H21N3O3/c1-14-15(2)23-22(25-11-10-16-6-3-4-7-18(16)13-25)24-20(14)28-19-9-5-8-17(12-19)21(26)27/h3-9,12H,10-11,13H2,1-2H3,(H,26,27). The fourth-order valence-corrected chi connectivity index (χ4v) is 3.30. The van der Waals surface area contributed by atoms with Crippen LogP contribution < -0.4 is 9.64 Å². The lowest BCUT2D eigenvalue weighted by atomic mass is 10.0. The van der Waals surface area contributed by atoms with Gasteiger partial charge in [-0.3, -0.25) is 0 Å². The van der Waals surface area contributed by atoms with Gasteiger partial charge in [-0.05, 0) is 49.6 Å². The Hall–Kier alpha value is -3.41. The molecule has 28 heavy (non-hydrogen) atoms. The van der Waals surface area contributed by atoms with Crippen molar-refractivity contribution in [3.63, 3.8) is 0 Å². The average molecular weight is 375 g/mol. The maximum Gasteiger partial charge on any atom is 0.335 e. The van der Waals surface area contributed by atoms with E-state index < -0.39 is 5.97 Å². The van der Waals surface area contributed by atoms with Crippen LogP contribution in [0.25, 0.3) is 0 Å². The molecule has 1 aliphatic rings. The molecule has 1 aliphatic heterocycles. The third kappa shape index (κ3) is 3.53. The lowest BCUT2D eigenvalue weighted by Gasteiger charge is -2.29. The normalized spacial score (nSPS) is 13.1. The Morgan fingerprint density at radius 1 is 1.07 bits per heavy atom. The number of ether oxygens (including phenoxy) is 1. The van der Waals surface area contributed by atoms with Crippen molar-refractivity contribution in [2.45, 2.75) is 26.8 Å². The van der Waals surface area contributed by atoms with E-state index in [4.69, 9.17) is 4.74 Å². The Kier molecular flexibility index (Phi) is 4.69. The van der Waals surface area contributed by atoms with Crippen molar-refractivity contribution in [2.75, 3.05) is 11.4 Å². The van der Waals surface area contributed by atoms with Crippen LogP contribution >= 0.6 is 0 Å². The van der Waals surface area contributed by atoms with Gasteiger partial charge in [-0.25, -0.2) is 9.78 Å². The van der Waals surface area contributed by atoms with Gasteiger partial charge >= 0.3 is 5.97 Å². The summed E-state index contributed by atoms with van der Waals surface area (Å²) in [6.07, 6.45) is 0.948. The van der Waals surface area contributed by atoms with Crippen molar-refractivity contribution >= 4 is 11.9 Å². The van der Waals surface area contributed by atoms with E-state index in [9.17, 15) is 9.90 Å². The van der Waals surface area contributed by atoms with E-state index in [1.807, 2.05) is 19.9 Å². The number of aromatic nitrogens is 2. The zero-order valence-corrected chi connectivity index (χ0v) is 15.8. The number of benzene rings is 2. The van der Waals surface area contributed by atoms with Crippen LogP contribution in [-0.4, -0.2) is 27.6 Å². The number of hydrogen-bond donors (Lipinski definition) is 1. The van der Waals surface area contributed by atoms with Crippen LogP contribution in [0.1, 0.15) is 32.7 Å². The van der Waals surface area contributed by atoms with Gasteiger partial charge in [-0.2, -0.15) is 4.98 Å². The number of fused-ring (bicyclic) bond motifs is 1. The molecule has 3 aromatic rings. The van der Waals surface area contributed by atoms with Crippen LogP contribution in [0.3, 0.4) is 0 Å². The highest BCUT2D eigenvalue weighted by Crippen LogP contribution is 2.29. The number of carboxylic acids is 1. The molecule has 0 bridgehead atoms. The number of nitrogens with zero attached hydrogens (tertiary/aromatic N) is 3. The molecule has 0 fully saturated rings. The minimum absolute atomic E-state index is 0.175. The van der Waals surface area contributed by atoms with Gasteiger partial charge in [-0.15, -0.1) is 0 Å². The number of rotatable bonds is 4. The highest BCUT2D eigenvalue weighted by atomic mass is 16.5. The van der Waals surface area contributed by atoms with Gasteiger partial charge in [0.15, 0.2) is 0 Å². The van der Waals surface area contributed by atoms with Crippen LogP contribution in [0.4, 0.5) is 5.95 Å². The molecule has 6 nitrogen and oxygen atoms in total. The van der Waals surface area contributed by atoms with Crippen molar-refractivity contribution in [3.8, 4) is 11.6 Å². The molecular formula is C22H21N3O3. The SMILES string of the molecule is Cc1nc(N2CCc3ccccc3C2)nc(Oc2cccc(C(=O)O)c2)c1C. The summed E-state index contributed by atoms with van der Waals surface area (Å²) in [5.41, 5.74) is 4.50. The lowest BCUT2D eigenvalue weighted by Crippen LogP contribution is -2.32. The summed E-state index contributed by atoms with van der Waals surface area (Å²) in [4.78, 5) is 22.7. The number of carbonyl (C=O) groups is 1. The van der Waals surface area contributed by atoms with Gasteiger partial charge in [0.25, 0.3) is 0 Å². The van der Waals surface area contributed by atoms with Gasteiger partial charge in [0.1, 0.15) is 5.75 Å². The molecule has 6 heteroatoms. The Morgan fingerprint density at radius 3 is 2.64 bits per heavy atom. The molecule has 2 heterocycles. The van der Waals surface area contributed by atoms with Gasteiger partial charge in [0.05, 0.1) is 5.56 Å². The van der Waals surface area contributed by atoms with Crippen LogP contribution in [0.5, 0.6) is 11.6 Å². The molecule has 142 valence electrons. The fourth-order valence-electron chi connectivity index (χ4n) is 3.30. The summed E-state index contributed by atoms with van der Waals surface area (Å²) in [7, 11) is 0. The van der Waals surface area contributed by atoms with Crippen LogP contribution in [0.15, 0.2) is 48.5 Å². The number of aromatic carboxylic acids is 1. The molecule has 0 radical (unpaired) electrons.